The molecule has 116 valence electrons. The average molecular weight is 302 g/mol. The number of hydrogen-bond donors (Lipinski definition) is 2. The van der Waals surface area contributed by atoms with Crippen LogP contribution in [-0.4, -0.2) is 35.2 Å². The highest BCUT2D eigenvalue weighted by molar-refractivity contribution is 5.74. The molecule has 1 fully saturated rings. The van der Waals surface area contributed by atoms with Gasteiger partial charge in [-0.1, -0.05) is 12.1 Å². The molecule has 0 unspecified atom stereocenters. The predicted molar refractivity (Wildman–Crippen MR) is 70.5 cm³/mol. The molecule has 0 bridgehead atoms. The van der Waals surface area contributed by atoms with Crippen LogP contribution in [0.4, 0.5) is 18.0 Å². The molecule has 0 saturated heterocycles. The van der Waals surface area contributed by atoms with E-state index in [1.807, 2.05) is 0 Å². The molecule has 2 N–H and O–H groups in total. The number of urea groups is 1. The lowest BCUT2D eigenvalue weighted by Crippen LogP contribution is -2.42. The first-order chi connectivity index (χ1) is 9.91. The van der Waals surface area contributed by atoms with Gasteiger partial charge < -0.3 is 15.3 Å². The number of rotatable bonds is 5. The molecule has 0 aromatic heterocycles. The number of nitrogens with one attached hydrogen (secondary N) is 1. The van der Waals surface area contributed by atoms with Crippen molar-refractivity contribution >= 4 is 6.03 Å². The highest BCUT2D eigenvalue weighted by Gasteiger charge is 2.32. The number of carbonyl (C=O) groups excluding carboxylic acids is 1. The molecule has 2 amide bonds. The van der Waals surface area contributed by atoms with Crippen LogP contribution in [0.25, 0.3) is 0 Å². The van der Waals surface area contributed by atoms with Crippen molar-refractivity contribution in [3.05, 3.63) is 35.4 Å². The molecule has 0 aliphatic heterocycles. The third-order valence-electron chi connectivity index (χ3n) is 3.31. The quantitative estimate of drug-likeness (QED) is 0.877. The molecule has 0 spiro atoms. The van der Waals surface area contributed by atoms with Crippen LogP contribution in [0.5, 0.6) is 0 Å². The monoisotopic (exact) mass is 302 g/mol. The van der Waals surface area contributed by atoms with Crippen molar-refractivity contribution < 1.29 is 23.1 Å². The summed E-state index contributed by atoms with van der Waals surface area (Å²) in [6.07, 6.45) is -2.51. The van der Waals surface area contributed by atoms with Crippen LogP contribution in [0.15, 0.2) is 24.3 Å². The summed E-state index contributed by atoms with van der Waals surface area (Å²) in [4.78, 5) is 13.5. The Bertz CT molecular complexity index is 484. The molecule has 4 nitrogen and oxygen atoms in total. The first-order valence-corrected chi connectivity index (χ1v) is 6.73. The van der Waals surface area contributed by atoms with Crippen molar-refractivity contribution in [1.82, 2.24) is 10.2 Å². The Morgan fingerprint density at radius 1 is 1.29 bits per heavy atom. The Morgan fingerprint density at radius 2 is 1.90 bits per heavy atom. The van der Waals surface area contributed by atoms with Crippen LogP contribution in [0, 0.1) is 0 Å². The molecular weight excluding hydrogens is 285 g/mol. The molecule has 0 heterocycles. The SMILES string of the molecule is O=C(NCc1ccc(C(F)(F)F)cc1)N(CCO)C1CC1. The zero-order valence-corrected chi connectivity index (χ0v) is 11.4. The van der Waals surface area contributed by atoms with E-state index in [-0.39, 0.29) is 31.8 Å². The van der Waals surface area contributed by atoms with E-state index in [4.69, 9.17) is 5.11 Å². The van der Waals surface area contributed by atoms with Gasteiger partial charge >= 0.3 is 12.2 Å². The molecule has 1 aliphatic carbocycles. The molecule has 21 heavy (non-hydrogen) atoms. The van der Waals surface area contributed by atoms with Crippen molar-refractivity contribution in [3.8, 4) is 0 Å². The van der Waals surface area contributed by atoms with Crippen molar-refractivity contribution in [2.24, 2.45) is 0 Å². The normalized spacial score (nSPS) is 14.9. The summed E-state index contributed by atoms with van der Waals surface area (Å²) < 4.78 is 37.3. The fourth-order valence-electron chi connectivity index (χ4n) is 2.03. The average Bonchev–Trinajstić information content (AvgIpc) is 3.26. The summed E-state index contributed by atoms with van der Waals surface area (Å²) >= 11 is 0. The van der Waals surface area contributed by atoms with E-state index in [9.17, 15) is 18.0 Å². The van der Waals surface area contributed by atoms with E-state index in [1.54, 1.807) is 4.90 Å². The fourth-order valence-corrected chi connectivity index (χ4v) is 2.03. The first-order valence-electron chi connectivity index (χ1n) is 6.73. The maximum Gasteiger partial charge on any atom is 0.416 e. The van der Waals surface area contributed by atoms with Gasteiger partial charge in [0.15, 0.2) is 0 Å². The van der Waals surface area contributed by atoms with Crippen LogP contribution in [0.1, 0.15) is 24.0 Å². The second-order valence-corrected chi connectivity index (χ2v) is 5.00. The Kier molecular flexibility index (Phi) is 4.72. The minimum Gasteiger partial charge on any atom is -0.395 e. The first kappa shape index (κ1) is 15.6. The highest BCUT2D eigenvalue weighted by atomic mass is 19.4. The molecule has 1 aromatic carbocycles. The Balaban J connectivity index is 1.88. The molecule has 0 atom stereocenters. The van der Waals surface area contributed by atoms with Gasteiger partial charge in [-0.05, 0) is 30.5 Å². The maximum absolute atomic E-state index is 12.4. The van der Waals surface area contributed by atoms with Gasteiger partial charge in [-0.3, -0.25) is 0 Å². The van der Waals surface area contributed by atoms with Crippen molar-refractivity contribution in [1.29, 1.82) is 0 Å². The number of halogens is 3. The Labute approximate surface area is 120 Å². The number of benzene rings is 1. The fraction of sp³-hybridized carbons (Fsp3) is 0.500. The van der Waals surface area contributed by atoms with E-state index in [0.717, 1.165) is 25.0 Å². The second-order valence-electron chi connectivity index (χ2n) is 5.00. The number of aliphatic hydroxyl groups excluding tert-OH is 1. The summed E-state index contributed by atoms with van der Waals surface area (Å²) in [6.45, 7) is 0.319. The number of nitrogens with zero attached hydrogens (tertiary/aromatic N) is 1. The number of alkyl halides is 3. The maximum atomic E-state index is 12.4. The molecule has 0 radical (unpaired) electrons. The molecule has 2 rings (SSSR count). The van der Waals surface area contributed by atoms with E-state index in [0.29, 0.717) is 5.56 Å². The topological polar surface area (TPSA) is 52.6 Å². The Morgan fingerprint density at radius 3 is 2.38 bits per heavy atom. The van der Waals surface area contributed by atoms with Crippen molar-refractivity contribution in [3.63, 3.8) is 0 Å². The number of aliphatic hydroxyl groups is 1. The highest BCUT2D eigenvalue weighted by Crippen LogP contribution is 2.29. The lowest BCUT2D eigenvalue weighted by molar-refractivity contribution is -0.137. The largest absolute Gasteiger partial charge is 0.416 e. The zero-order valence-electron chi connectivity index (χ0n) is 11.4. The van der Waals surface area contributed by atoms with Gasteiger partial charge in [0.1, 0.15) is 0 Å². The lowest BCUT2D eigenvalue weighted by Gasteiger charge is -2.21. The molecule has 1 aromatic rings. The van der Waals surface area contributed by atoms with Crippen LogP contribution in [-0.2, 0) is 12.7 Å². The number of amides is 2. The minimum absolute atomic E-state index is 0.107. The van der Waals surface area contributed by atoms with Crippen LogP contribution in [0.3, 0.4) is 0 Å². The molecular formula is C14H17F3N2O2. The minimum atomic E-state index is -4.36. The zero-order chi connectivity index (χ0) is 15.5. The van der Waals surface area contributed by atoms with E-state index >= 15 is 0 Å². The summed E-state index contributed by atoms with van der Waals surface area (Å²) in [5.74, 6) is 0. The predicted octanol–water partition coefficient (Wildman–Crippen LogP) is 2.37. The smallest absolute Gasteiger partial charge is 0.395 e. The van der Waals surface area contributed by atoms with Gasteiger partial charge in [0.2, 0.25) is 0 Å². The van der Waals surface area contributed by atoms with Crippen LogP contribution < -0.4 is 5.32 Å². The number of hydrogen-bond acceptors (Lipinski definition) is 2. The molecule has 1 aliphatic rings. The van der Waals surface area contributed by atoms with Crippen LogP contribution in [0.2, 0.25) is 0 Å². The molecule has 1 saturated carbocycles. The van der Waals surface area contributed by atoms with E-state index in [1.165, 1.54) is 12.1 Å². The Hall–Kier alpha value is -1.76. The van der Waals surface area contributed by atoms with Crippen molar-refractivity contribution in [2.75, 3.05) is 13.2 Å². The van der Waals surface area contributed by atoms with E-state index in [2.05, 4.69) is 5.32 Å². The summed E-state index contributed by atoms with van der Waals surface area (Å²) in [5, 5.41) is 11.6. The summed E-state index contributed by atoms with van der Waals surface area (Å²) in [7, 11) is 0. The van der Waals surface area contributed by atoms with E-state index < -0.39 is 11.7 Å². The third kappa shape index (κ3) is 4.35. The lowest BCUT2D eigenvalue weighted by atomic mass is 10.1. The van der Waals surface area contributed by atoms with Crippen molar-refractivity contribution in [2.45, 2.75) is 31.6 Å². The summed E-state index contributed by atoms with van der Waals surface area (Å²) in [5.41, 5.74) is -0.117. The van der Waals surface area contributed by atoms with Gasteiger partial charge in [-0.2, -0.15) is 13.2 Å². The molecule has 7 heteroatoms. The van der Waals surface area contributed by atoms with Gasteiger partial charge in [0.25, 0.3) is 0 Å². The standard InChI is InChI=1S/C14H17F3N2O2/c15-14(16,17)11-3-1-10(2-4-11)9-18-13(21)19(7-8-20)12-5-6-12/h1-4,12,20H,5-9H2,(H,18,21). The van der Waals surface area contributed by atoms with Gasteiger partial charge in [0.05, 0.1) is 12.2 Å². The van der Waals surface area contributed by atoms with Gasteiger partial charge in [-0.15, -0.1) is 0 Å². The summed E-state index contributed by atoms with van der Waals surface area (Å²) in [6, 6.07) is 4.55. The second kappa shape index (κ2) is 6.34. The third-order valence-corrected chi connectivity index (χ3v) is 3.31. The van der Waals surface area contributed by atoms with Gasteiger partial charge in [0, 0.05) is 19.1 Å². The van der Waals surface area contributed by atoms with Crippen LogP contribution >= 0.6 is 0 Å². The number of carbonyl (C=O) groups is 1. The van der Waals surface area contributed by atoms with Gasteiger partial charge in [-0.25, -0.2) is 4.79 Å².